The first-order valence-electron chi connectivity index (χ1n) is 11.6. The van der Waals surface area contributed by atoms with Gasteiger partial charge in [-0.3, -0.25) is 0 Å². The predicted octanol–water partition coefficient (Wildman–Crippen LogP) is 6.88. The first kappa shape index (κ1) is 27.0. The maximum absolute atomic E-state index is 12.5. The molecule has 0 heterocycles. The molecule has 35 heavy (non-hydrogen) atoms. The van der Waals surface area contributed by atoms with E-state index in [0.29, 0.717) is 29.7 Å². The fourth-order valence-electron chi connectivity index (χ4n) is 3.04. The molecule has 0 aliphatic heterocycles. The predicted molar refractivity (Wildman–Crippen MR) is 138 cm³/mol. The van der Waals surface area contributed by atoms with Gasteiger partial charge in [-0.1, -0.05) is 69.5 Å². The van der Waals surface area contributed by atoms with Crippen LogP contribution < -0.4 is 19.1 Å². The zero-order chi connectivity index (χ0) is 24.9. The van der Waals surface area contributed by atoms with Gasteiger partial charge in [0.25, 0.3) is 0 Å². The number of hydrogen-bond donors (Lipinski definition) is 1. The fraction of sp³-hybridized carbons (Fsp3) is 0.308. The minimum Gasteiger partial charge on any atom is -0.409 e. The molecule has 0 unspecified atom stereocenters. The smallest absolute Gasteiger partial charge is 0.409 e. The molecule has 1 N–H and O–H groups in total. The van der Waals surface area contributed by atoms with Gasteiger partial charge in [0, 0.05) is 6.54 Å². The lowest BCUT2D eigenvalue weighted by molar-refractivity contribution is 0.201. The molecule has 0 saturated carbocycles. The Balaban J connectivity index is 1.55. The molecule has 188 valence electrons. The number of para-hydroxylation sites is 2. The highest BCUT2D eigenvalue weighted by Gasteiger charge is 2.21. The second-order valence-corrected chi connectivity index (χ2v) is 10.8. The SMILES string of the molecule is CC(C)CCCCCNOS(=O)(=O)c1ccc(OP(Oc2ccccc2)Oc2ccccc2)cc1. The van der Waals surface area contributed by atoms with Crippen LogP contribution in [0.1, 0.15) is 39.5 Å². The van der Waals surface area contributed by atoms with E-state index in [1.165, 1.54) is 18.6 Å². The highest BCUT2D eigenvalue weighted by Crippen LogP contribution is 2.42. The molecule has 0 atom stereocenters. The second-order valence-electron chi connectivity index (χ2n) is 8.27. The summed E-state index contributed by atoms with van der Waals surface area (Å²) in [5.74, 6) is 2.27. The first-order valence-corrected chi connectivity index (χ1v) is 14.1. The summed E-state index contributed by atoms with van der Waals surface area (Å²) >= 11 is 0. The zero-order valence-electron chi connectivity index (χ0n) is 20.0. The summed E-state index contributed by atoms with van der Waals surface area (Å²) in [6.45, 7) is 4.85. The van der Waals surface area contributed by atoms with Crippen molar-refractivity contribution in [1.29, 1.82) is 0 Å². The van der Waals surface area contributed by atoms with Crippen molar-refractivity contribution in [3.8, 4) is 17.2 Å². The molecule has 0 aliphatic carbocycles. The molecule has 9 heteroatoms. The van der Waals surface area contributed by atoms with Gasteiger partial charge in [0.05, 0.1) is 4.90 Å². The van der Waals surface area contributed by atoms with Gasteiger partial charge in [-0.25, -0.2) is 0 Å². The van der Waals surface area contributed by atoms with Crippen molar-refractivity contribution in [2.75, 3.05) is 6.54 Å². The van der Waals surface area contributed by atoms with Crippen LogP contribution in [0.4, 0.5) is 0 Å². The second kappa shape index (κ2) is 14.0. The van der Waals surface area contributed by atoms with Crippen molar-refractivity contribution in [3.63, 3.8) is 0 Å². The molecule has 0 radical (unpaired) electrons. The zero-order valence-corrected chi connectivity index (χ0v) is 21.7. The van der Waals surface area contributed by atoms with E-state index in [1.54, 1.807) is 36.4 Å². The first-order chi connectivity index (χ1) is 16.9. The minimum atomic E-state index is -3.93. The molecule has 0 aromatic heterocycles. The number of rotatable bonds is 15. The Kier molecular flexibility index (Phi) is 10.8. The molecule has 3 aromatic carbocycles. The molecule has 0 spiro atoms. The van der Waals surface area contributed by atoms with Crippen molar-refractivity contribution in [1.82, 2.24) is 5.48 Å². The standard InChI is InChI=1S/C26H32NO6PS/c1-22(2)12-6-5-11-21-27-33-35(28,29)26-19-17-25(18-20-26)32-34(30-23-13-7-3-8-14-23)31-24-15-9-4-10-16-24/h3-4,7-10,13-20,22,27H,5-6,11-12,21H2,1-2H3. The largest absolute Gasteiger partial charge is 0.530 e. The van der Waals surface area contributed by atoms with Crippen LogP contribution in [0.3, 0.4) is 0 Å². The Morgan fingerprint density at radius 3 is 1.74 bits per heavy atom. The van der Waals surface area contributed by atoms with Crippen molar-refractivity contribution in [2.45, 2.75) is 44.4 Å². The third-order valence-electron chi connectivity index (χ3n) is 4.87. The van der Waals surface area contributed by atoms with Gasteiger partial charge < -0.3 is 13.6 Å². The van der Waals surface area contributed by atoms with Crippen molar-refractivity contribution < 1.29 is 26.3 Å². The minimum absolute atomic E-state index is 0.0226. The summed E-state index contributed by atoms with van der Waals surface area (Å²) in [6.07, 6.45) is 4.17. The number of benzene rings is 3. The molecule has 0 saturated heterocycles. The molecule has 3 rings (SSSR count). The summed E-state index contributed by atoms with van der Waals surface area (Å²) in [6, 6.07) is 24.3. The van der Waals surface area contributed by atoms with Gasteiger partial charge in [0.1, 0.15) is 17.2 Å². The number of unbranched alkanes of at least 4 members (excludes halogenated alkanes) is 2. The van der Waals surface area contributed by atoms with Crippen LogP contribution >= 0.6 is 8.60 Å². The Bertz CT molecular complexity index is 1050. The van der Waals surface area contributed by atoms with E-state index in [2.05, 4.69) is 19.3 Å². The highest BCUT2D eigenvalue weighted by molar-refractivity contribution is 7.86. The highest BCUT2D eigenvalue weighted by atomic mass is 32.2. The third-order valence-corrected chi connectivity index (χ3v) is 7.13. The lowest BCUT2D eigenvalue weighted by atomic mass is 10.1. The molecule has 0 bridgehead atoms. The molecule has 0 aliphatic rings. The lowest BCUT2D eigenvalue weighted by Crippen LogP contribution is -2.21. The van der Waals surface area contributed by atoms with Crippen LogP contribution in [-0.4, -0.2) is 15.0 Å². The van der Waals surface area contributed by atoms with E-state index in [-0.39, 0.29) is 4.90 Å². The number of hydrogen-bond acceptors (Lipinski definition) is 7. The Labute approximate surface area is 209 Å². The Morgan fingerprint density at radius 1 is 0.714 bits per heavy atom. The third kappa shape index (κ3) is 9.86. The Hall–Kier alpha value is -2.64. The maximum atomic E-state index is 12.5. The van der Waals surface area contributed by atoms with Crippen molar-refractivity contribution in [2.24, 2.45) is 5.92 Å². The fourth-order valence-corrected chi connectivity index (χ4v) is 4.84. The molecule has 0 amide bonds. The topological polar surface area (TPSA) is 83.1 Å². The van der Waals surface area contributed by atoms with E-state index in [9.17, 15) is 8.42 Å². The van der Waals surface area contributed by atoms with Crippen LogP contribution in [0.5, 0.6) is 17.2 Å². The lowest BCUT2D eigenvalue weighted by Gasteiger charge is -2.18. The van der Waals surface area contributed by atoms with Gasteiger partial charge in [-0.05, 0) is 60.9 Å². The van der Waals surface area contributed by atoms with E-state index >= 15 is 0 Å². The number of hydroxylamine groups is 1. The monoisotopic (exact) mass is 517 g/mol. The molecule has 7 nitrogen and oxygen atoms in total. The number of nitrogens with one attached hydrogen (secondary N) is 1. The molecule has 0 fully saturated rings. The maximum Gasteiger partial charge on any atom is 0.530 e. The molecule has 3 aromatic rings. The van der Waals surface area contributed by atoms with Crippen LogP contribution in [0.25, 0.3) is 0 Å². The summed E-state index contributed by atoms with van der Waals surface area (Å²) in [4.78, 5) is 0.0226. The summed E-state index contributed by atoms with van der Waals surface area (Å²) < 4.78 is 47.6. The molecular weight excluding hydrogens is 485 g/mol. The van der Waals surface area contributed by atoms with Crippen LogP contribution in [0, 0.1) is 5.92 Å². The van der Waals surface area contributed by atoms with E-state index < -0.39 is 18.7 Å². The van der Waals surface area contributed by atoms with Gasteiger partial charge in [0.15, 0.2) is 0 Å². The van der Waals surface area contributed by atoms with E-state index in [0.717, 1.165) is 19.3 Å². The quantitative estimate of drug-likeness (QED) is 0.134. The van der Waals surface area contributed by atoms with E-state index in [1.807, 2.05) is 36.4 Å². The van der Waals surface area contributed by atoms with E-state index in [4.69, 9.17) is 17.9 Å². The summed E-state index contributed by atoms with van der Waals surface area (Å²) in [5.41, 5.74) is 2.56. The summed E-state index contributed by atoms with van der Waals surface area (Å²) in [5, 5.41) is 0. The van der Waals surface area contributed by atoms with Gasteiger partial charge >= 0.3 is 18.7 Å². The average molecular weight is 518 g/mol. The van der Waals surface area contributed by atoms with Crippen LogP contribution in [0.15, 0.2) is 89.8 Å². The Morgan fingerprint density at radius 2 is 1.23 bits per heavy atom. The van der Waals surface area contributed by atoms with Crippen molar-refractivity contribution in [3.05, 3.63) is 84.9 Å². The average Bonchev–Trinajstić information content (AvgIpc) is 2.85. The van der Waals surface area contributed by atoms with Gasteiger partial charge in [0.2, 0.25) is 0 Å². The normalized spacial score (nSPS) is 11.5. The molecular formula is C26H32NO6PS. The van der Waals surface area contributed by atoms with Gasteiger partial charge in [-0.15, -0.1) is 0 Å². The van der Waals surface area contributed by atoms with Crippen LogP contribution in [0.2, 0.25) is 0 Å². The van der Waals surface area contributed by atoms with Gasteiger partial charge in [-0.2, -0.15) is 18.2 Å². The summed E-state index contributed by atoms with van der Waals surface area (Å²) in [7, 11) is -5.77. The van der Waals surface area contributed by atoms with Crippen LogP contribution in [-0.2, 0) is 14.4 Å². The van der Waals surface area contributed by atoms with Crippen molar-refractivity contribution >= 4 is 18.7 Å².